The van der Waals surface area contributed by atoms with Gasteiger partial charge in [-0.1, -0.05) is 32.0 Å². The van der Waals surface area contributed by atoms with Gasteiger partial charge in [-0.15, -0.1) is 0 Å². The van der Waals surface area contributed by atoms with Crippen molar-refractivity contribution in [2.45, 2.75) is 51.7 Å². The fourth-order valence-electron chi connectivity index (χ4n) is 2.37. The van der Waals surface area contributed by atoms with E-state index in [-0.39, 0.29) is 18.0 Å². The molecular weight excluding hydrogens is 357 g/mol. The third kappa shape index (κ3) is 7.88. The molecule has 0 saturated heterocycles. The van der Waals surface area contributed by atoms with Crippen LogP contribution in [-0.2, 0) is 16.4 Å². The summed E-state index contributed by atoms with van der Waals surface area (Å²) in [6, 6.07) is 5.30. The van der Waals surface area contributed by atoms with Crippen molar-refractivity contribution < 1.29 is 18.0 Å². The highest BCUT2D eigenvalue weighted by Gasteiger charge is 2.32. The third-order valence-electron chi connectivity index (χ3n) is 3.82. The zero-order chi connectivity index (χ0) is 20.9. The van der Waals surface area contributed by atoms with E-state index in [2.05, 4.69) is 20.9 Å². The second-order valence-electron chi connectivity index (χ2n) is 8.04. The highest BCUT2D eigenvalue weighted by atomic mass is 19.4. The van der Waals surface area contributed by atoms with Crippen LogP contribution in [0, 0.1) is 0 Å². The Morgan fingerprint density at radius 3 is 2.15 bits per heavy atom. The maximum atomic E-state index is 12.9. The van der Waals surface area contributed by atoms with Gasteiger partial charge in [-0.3, -0.25) is 9.79 Å². The Hall–Kier alpha value is -2.25. The van der Waals surface area contributed by atoms with Crippen LogP contribution >= 0.6 is 0 Å². The molecule has 0 aromatic heterocycles. The predicted octanol–water partition coefficient (Wildman–Crippen LogP) is 3.06. The van der Waals surface area contributed by atoms with Crippen molar-refractivity contribution in [1.29, 1.82) is 0 Å². The molecule has 5 nitrogen and oxygen atoms in total. The van der Waals surface area contributed by atoms with E-state index in [0.29, 0.717) is 18.1 Å². The van der Waals surface area contributed by atoms with Gasteiger partial charge in [0.2, 0.25) is 5.91 Å². The molecule has 0 spiro atoms. The van der Waals surface area contributed by atoms with Crippen molar-refractivity contribution in [2.75, 3.05) is 20.1 Å². The molecule has 0 aliphatic carbocycles. The van der Waals surface area contributed by atoms with E-state index < -0.39 is 17.2 Å². The molecule has 0 saturated carbocycles. The molecular formula is C19H29F3N4O. The van der Waals surface area contributed by atoms with Gasteiger partial charge in [0.05, 0.1) is 12.1 Å². The first-order chi connectivity index (χ1) is 12.2. The fourth-order valence-corrected chi connectivity index (χ4v) is 2.37. The van der Waals surface area contributed by atoms with E-state index >= 15 is 0 Å². The van der Waals surface area contributed by atoms with Crippen molar-refractivity contribution in [2.24, 2.45) is 4.99 Å². The molecule has 0 unspecified atom stereocenters. The first-order valence-electron chi connectivity index (χ1n) is 8.68. The number of nitrogens with one attached hydrogen (secondary N) is 3. The second-order valence-corrected chi connectivity index (χ2v) is 8.04. The Balaban J connectivity index is 2.70. The topological polar surface area (TPSA) is 65.5 Å². The largest absolute Gasteiger partial charge is 0.416 e. The SMILES string of the molecule is CN=C(NCC(=O)NC(C)(C)C)NCC(C)(C)c1cccc(C(F)(F)F)c1. The van der Waals surface area contributed by atoms with Crippen LogP contribution in [0.5, 0.6) is 0 Å². The lowest BCUT2D eigenvalue weighted by molar-refractivity contribution is -0.137. The van der Waals surface area contributed by atoms with E-state index in [1.54, 1.807) is 13.1 Å². The summed E-state index contributed by atoms with van der Waals surface area (Å²) in [6.45, 7) is 9.72. The van der Waals surface area contributed by atoms with Gasteiger partial charge in [-0.25, -0.2) is 0 Å². The lowest BCUT2D eigenvalue weighted by atomic mass is 9.84. The number of hydrogen-bond acceptors (Lipinski definition) is 2. The van der Waals surface area contributed by atoms with Gasteiger partial charge in [-0.2, -0.15) is 13.2 Å². The molecule has 1 amide bonds. The minimum atomic E-state index is -4.38. The zero-order valence-electron chi connectivity index (χ0n) is 16.7. The average Bonchev–Trinajstić information content (AvgIpc) is 2.52. The lowest BCUT2D eigenvalue weighted by Crippen LogP contribution is -2.49. The first-order valence-corrected chi connectivity index (χ1v) is 8.68. The number of benzene rings is 1. The number of halogens is 3. The van der Waals surface area contributed by atoms with Crippen LogP contribution in [0.2, 0.25) is 0 Å². The van der Waals surface area contributed by atoms with Gasteiger partial charge in [0, 0.05) is 24.5 Å². The van der Waals surface area contributed by atoms with Crippen LogP contribution in [0.1, 0.15) is 45.7 Å². The van der Waals surface area contributed by atoms with Gasteiger partial charge in [0.15, 0.2) is 5.96 Å². The summed E-state index contributed by atoms with van der Waals surface area (Å²) in [5.74, 6) is 0.224. The second kappa shape index (κ2) is 8.63. The number of rotatable bonds is 5. The maximum absolute atomic E-state index is 12.9. The third-order valence-corrected chi connectivity index (χ3v) is 3.82. The van der Waals surface area contributed by atoms with Gasteiger partial charge in [0.1, 0.15) is 0 Å². The van der Waals surface area contributed by atoms with Crippen molar-refractivity contribution in [3.8, 4) is 0 Å². The van der Waals surface area contributed by atoms with E-state index in [1.807, 2.05) is 34.6 Å². The maximum Gasteiger partial charge on any atom is 0.416 e. The Kier molecular flexibility index (Phi) is 7.28. The summed E-state index contributed by atoms with van der Waals surface area (Å²) >= 11 is 0. The number of amides is 1. The molecule has 8 heteroatoms. The monoisotopic (exact) mass is 386 g/mol. The van der Waals surface area contributed by atoms with Gasteiger partial charge >= 0.3 is 6.18 Å². The van der Waals surface area contributed by atoms with Crippen LogP contribution in [0.4, 0.5) is 13.2 Å². The molecule has 0 aliphatic rings. The summed E-state index contributed by atoms with van der Waals surface area (Å²) in [5.41, 5.74) is -1.02. The molecule has 1 aromatic rings. The normalized spacial score (nSPS) is 13.3. The molecule has 0 fully saturated rings. The predicted molar refractivity (Wildman–Crippen MR) is 102 cm³/mol. The van der Waals surface area contributed by atoms with Crippen molar-refractivity contribution in [1.82, 2.24) is 16.0 Å². The fraction of sp³-hybridized carbons (Fsp3) is 0.579. The standard InChI is InChI=1S/C19H29F3N4O/c1-17(2,3)26-15(27)11-24-16(23-6)25-12-18(4,5)13-8-7-9-14(10-13)19(20,21)22/h7-10H,11-12H2,1-6H3,(H,26,27)(H2,23,24,25). The highest BCUT2D eigenvalue weighted by molar-refractivity contribution is 5.86. The quantitative estimate of drug-likeness (QED) is 0.538. The Labute approximate surface area is 158 Å². The van der Waals surface area contributed by atoms with Gasteiger partial charge in [0.25, 0.3) is 0 Å². The Morgan fingerprint density at radius 1 is 1.04 bits per heavy atom. The summed E-state index contributed by atoms with van der Waals surface area (Å²) in [5, 5.41) is 8.79. The minimum Gasteiger partial charge on any atom is -0.356 e. The van der Waals surface area contributed by atoms with E-state index in [0.717, 1.165) is 12.1 Å². The summed E-state index contributed by atoms with van der Waals surface area (Å²) < 4.78 is 38.8. The van der Waals surface area contributed by atoms with Crippen LogP contribution in [-0.4, -0.2) is 37.5 Å². The highest BCUT2D eigenvalue weighted by Crippen LogP contribution is 2.32. The van der Waals surface area contributed by atoms with Gasteiger partial charge < -0.3 is 16.0 Å². The Morgan fingerprint density at radius 2 is 1.63 bits per heavy atom. The molecule has 152 valence electrons. The van der Waals surface area contributed by atoms with Crippen molar-refractivity contribution >= 4 is 11.9 Å². The summed E-state index contributed by atoms with van der Waals surface area (Å²) in [4.78, 5) is 15.9. The number of hydrogen-bond donors (Lipinski definition) is 3. The molecule has 0 bridgehead atoms. The smallest absolute Gasteiger partial charge is 0.356 e. The molecule has 3 N–H and O–H groups in total. The molecule has 27 heavy (non-hydrogen) atoms. The molecule has 0 aliphatic heterocycles. The number of nitrogens with zero attached hydrogens (tertiary/aromatic N) is 1. The first kappa shape index (κ1) is 22.8. The van der Waals surface area contributed by atoms with Crippen molar-refractivity contribution in [3.05, 3.63) is 35.4 Å². The van der Waals surface area contributed by atoms with E-state index in [4.69, 9.17) is 0 Å². The van der Waals surface area contributed by atoms with Crippen LogP contribution in [0.25, 0.3) is 0 Å². The van der Waals surface area contributed by atoms with Crippen molar-refractivity contribution in [3.63, 3.8) is 0 Å². The number of carbonyl (C=O) groups excluding carboxylic acids is 1. The number of alkyl halides is 3. The minimum absolute atomic E-state index is 0.0426. The summed E-state index contributed by atoms with van der Waals surface area (Å²) in [6.07, 6.45) is -4.38. The van der Waals surface area contributed by atoms with Crippen LogP contribution in [0.3, 0.4) is 0 Å². The average molecular weight is 386 g/mol. The van der Waals surface area contributed by atoms with Gasteiger partial charge in [-0.05, 0) is 32.4 Å². The van der Waals surface area contributed by atoms with E-state index in [1.165, 1.54) is 6.07 Å². The van der Waals surface area contributed by atoms with E-state index in [9.17, 15) is 18.0 Å². The van der Waals surface area contributed by atoms with Crippen LogP contribution in [0.15, 0.2) is 29.3 Å². The summed E-state index contributed by atoms with van der Waals surface area (Å²) in [7, 11) is 1.56. The number of carbonyl (C=O) groups is 1. The Bertz CT molecular complexity index is 676. The molecule has 1 aromatic carbocycles. The number of aliphatic imine (C=N–C) groups is 1. The molecule has 0 radical (unpaired) electrons. The molecule has 1 rings (SSSR count). The van der Waals surface area contributed by atoms with Crippen LogP contribution < -0.4 is 16.0 Å². The number of guanidine groups is 1. The lowest BCUT2D eigenvalue weighted by Gasteiger charge is -2.27. The zero-order valence-corrected chi connectivity index (χ0v) is 16.7. The molecule has 0 heterocycles. The molecule has 0 atom stereocenters.